The maximum Gasteiger partial charge on any atom is 0.0464 e. The highest BCUT2D eigenvalue weighted by Gasteiger charge is 2.11. The van der Waals surface area contributed by atoms with E-state index in [2.05, 4.69) is 62.3 Å². The lowest BCUT2D eigenvalue weighted by Crippen LogP contribution is -2.27. The Labute approximate surface area is 103 Å². The van der Waals surface area contributed by atoms with Crippen LogP contribution in [0.2, 0.25) is 0 Å². The van der Waals surface area contributed by atoms with Gasteiger partial charge in [-0.15, -0.1) is 0 Å². The summed E-state index contributed by atoms with van der Waals surface area (Å²) in [5.41, 5.74) is 8.42. The van der Waals surface area contributed by atoms with Gasteiger partial charge < -0.3 is 10.6 Å². The highest BCUT2D eigenvalue weighted by atomic mass is 15.1. The molecule has 90 valence electrons. The van der Waals surface area contributed by atoms with Crippen molar-refractivity contribution in [2.45, 2.75) is 13.0 Å². The Morgan fingerprint density at radius 1 is 1.06 bits per heavy atom. The van der Waals surface area contributed by atoms with E-state index in [1.807, 2.05) is 0 Å². The lowest BCUT2D eigenvalue weighted by atomic mass is 10.00. The van der Waals surface area contributed by atoms with E-state index in [0.717, 1.165) is 0 Å². The molecular weight excluding hydrogens is 208 g/mol. The Balaban J connectivity index is 2.47. The molecule has 0 heterocycles. The van der Waals surface area contributed by atoms with Crippen LogP contribution in [0.5, 0.6) is 0 Å². The molecule has 2 N–H and O–H groups in total. The molecule has 0 aliphatic carbocycles. The molecule has 2 nitrogen and oxygen atoms in total. The van der Waals surface area contributed by atoms with Crippen LogP contribution in [0.4, 0.5) is 0 Å². The third kappa shape index (κ3) is 2.48. The van der Waals surface area contributed by atoms with Gasteiger partial charge in [0.2, 0.25) is 0 Å². The summed E-state index contributed by atoms with van der Waals surface area (Å²) >= 11 is 0. The first-order chi connectivity index (χ1) is 8.11. The lowest BCUT2D eigenvalue weighted by Gasteiger charge is -2.23. The molecule has 0 bridgehead atoms. The van der Waals surface area contributed by atoms with Gasteiger partial charge in [0.25, 0.3) is 0 Å². The van der Waals surface area contributed by atoms with Crippen molar-refractivity contribution in [3.05, 3.63) is 47.5 Å². The first-order valence-electron chi connectivity index (χ1n) is 5.98. The van der Waals surface area contributed by atoms with Crippen LogP contribution >= 0.6 is 0 Å². The summed E-state index contributed by atoms with van der Waals surface area (Å²) in [6, 6.07) is 13.4. The van der Waals surface area contributed by atoms with Gasteiger partial charge in [-0.05, 0) is 43.4 Å². The fourth-order valence-corrected chi connectivity index (χ4v) is 2.24. The molecule has 0 spiro atoms. The SMILES string of the molecule is Cc1ccc2cc(C(CN)N(C)C)ccc2c1. The van der Waals surface area contributed by atoms with Gasteiger partial charge in [-0.1, -0.05) is 35.9 Å². The Kier molecular flexibility index (Phi) is 3.46. The van der Waals surface area contributed by atoms with E-state index in [9.17, 15) is 0 Å². The minimum Gasteiger partial charge on any atom is -0.329 e. The molecule has 2 rings (SSSR count). The van der Waals surface area contributed by atoms with E-state index < -0.39 is 0 Å². The molecule has 0 aliphatic rings. The molecule has 1 atom stereocenters. The van der Waals surface area contributed by atoms with Crippen LogP contribution in [-0.2, 0) is 0 Å². The molecule has 0 aromatic heterocycles. The molecule has 2 heteroatoms. The van der Waals surface area contributed by atoms with Crippen LogP contribution in [-0.4, -0.2) is 25.5 Å². The van der Waals surface area contributed by atoms with Crippen molar-refractivity contribution < 1.29 is 0 Å². The number of likely N-dealkylation sites (N-methyl/N-ethyl adjacent to an activating group) is 1. The summed E-state index contributed by atoms with van der Waals surface area (Å²) < 4.78 is 0. The standard InChI is InChI=1S/C15H20N2/c1-11-4-5-13-9-14(7-6-12(13)8-11)15(10-16)17(2)3/h4-9,15H,10,16H2,1-3H3. The van der Waals surface area contributed by atoms with Crippen molar-refractivity contribution >= 4 is 10.8 Å². The van der Waals surface area contributed by atoms with Gasteiger partial charge in [-0.2, -0.15) is 0 Å². The van der Waals surface area contributed by atoms with Crippen LogP contribution in [0, 0.1) is 6.92 Å². The number of hydrogen-bond donors (Lipinski definition) is 1. The average molecular weight is 228 g/mol. The fraction of sp³-hybridized carbons (Fsp3) is 0.333. The van der Waals surface area contributed by atoms with Crippen LogP contribution in [0.25, 0.3) is 10.8 Å². The largest absolute Gasteiger partial charge is 0.329 e. The van der Waals surface area contributed by atoms with Crippen molar-refractivity contribution in [2.24, 2.45) is 5.73 Å². The van der Waals surface area contributed by atoms with E-state index in [1.54, 1.807) is 0 Å². The third-order valence-electron chi connectivity index (χ3n) is 3.25. The van der Waals surface area contributed by atoms with Gasteiger partial charge in [0.15, 0.2) is 0 Å². The Morgan fingerprint density at radius 2 is 1.71 bits per heavy atom. The highest BCUT2D eigenvalue weighted by Crippen LogP contribution is 2.23. The number of nitrogens with two attached hydrogens (primary N) is 1. The molecule has 0 radical (unpaired) electrons. The molecule has 17 heavy (non-hydrogen) atoms. The van der Waals surface area contributed by atoms with Gasteiger partial charge in [-0.25, -0.2) is 0 Å². The molecule has 2 aromatic rings. The van der Waals surface area contributed by atoms with Crippen LogP contribution in [0.15, 0.2) is 36.4 Å². The predicted octanol–water partition coefficient (Wildman–Crippen LogP) is 2.71. The predicted molar refractivity (Wildman–Crippen MR) is 74.2 cm³/mol. The smallest absolute Gasteiger partial charge is 0.0464 e. The zero-order valence-corrected chi connectivity index (χ0v) is 10.8. The molecule has 0 aliphatic heterocycles. The summed E-state index contributed by atoms with van der Waals surface area (Å²) in [5.74, 6) is 0. The number of fused-ring (bicyclic) bond motifs is 1. The van der Waals surface area contributed by atoms with Crippen LogP contribution < -0.4 is 5.73 Å². The fourth-order valence-electron chi connectivity index (χ4n) is 2.24. The summed E-state index contributed by atoms with van der Waals surface area (Å²) in [6.45, 7) is 2.76. The maximum absolute atomic E-state index is 5.83. The van der Waals surface area contributed by atoms with Gasteiger partial charge >= 0.3 is 0 Å². The second kappa shape index (κ2) is 4.86. The zero-order chi connectivity index (χ0) is 12.4. The van der Waals surface area contributed by atoms with Crippen molar-refractivity contribution in [1.82, 2.24) is 4.90 Å². The summed E-state index contributed by atoms with van der Waals surface area (Å²) in [7, 11) is 4.13. The summed E-state index contributed by atoms with van der Waals surface area (Å²) in [4.78, 5) is 2.16. The third-order valence-corrected chi connectivity index (χ3v) is 3.25. The molecule has 1 unspecified atom stereocenters. The summed E-state index contributed by atoms with van der Waals surface area (Å²) in [5, 5.41) is 2.58. The van der Waals surface area contributed by atoms with E-state index in [1.165, 1.54) is 21.9 Å². The van der Waals surface area contributed by atoms with E-state index in [4.69, 9.17) is 5.73 Å². The van der Waals surface area contributed by atoms with Gasteiger partial charge in [0, 0.05) is 12.6 Å². The molecule has 0 amide bonds. The normalized spacial score (nSPS) is 13.2. The molecular formula is C15H20N2. The van der Waals surface area contributed by atoms with E-state index in [-0.39, 0.29) is 0 Å². The van der Waals surface area contributed by atoms with Crippen LogP contribution in [0.1, 0.15) is 17.2 Å². The minimum atomic E-state index is 0.292. The number of rotatable bonds is 3. The average Bonchev–Trinajstić information content (AvgIpc) is 2.29. The molecule has 0 saturated carbocycles. The first-order valence-corrected chi connectivity index (χ1v) is 5.98. The van der Waals surface area contributed by atoms with Gasteiger partial charge in [-0.3, -0.25) is 0 Å². The van der Waals surface area contributed by atoms with E-state index in [0.29, 0.717) is 12.6 Å². The molecule has 0 fully saturated rings. The topological polar surface area (TPSA) is 29.3 Å². The van der Waals surface area contributed by atoms with Crippen molar-refractivity contribution in [1.29, 1.82) is 0 Å². The van der Waals surface area contributed by atoms with E-state index >= 15 is 0 Å². The maximum atomic E-state index is 5.83. The molecule has 0 saturated heterocycles. The monoisotopic (exact) mass is 228 g/mol. The number of benzene rings is 2. The Bertz CT molecular complexity index is 517. The number of aryl methyl sites for hydroxylation is 1. The lowest BCUT2D eigenvalue weighted by molar-refractivity contribution is 0.306. The van der Waals surface area contributed by atoms with Gasteiger partial charge in [0.05, 0.1) is 0 Å². The minimum absolute atomic E-state index is 0.292. The van der Waals surface area contributed by atoms with Crippen molar-refractivity contribution in [3.63, 3.8) is 0 Å². The number of hydrogen-bond acceptors (Lipinski definition) is 2. The first kappa shape index (κ1) is 12.1. The van der Waals surface area contributed by atoms with Crippen LogP contribution in [0.3, 0.4) is 0 Å². The van der Waals surface area contributed by atoms with Gasteiger partial charge in [0.1, 0.15) is 0 Å². The zero-order valence-electron chi connectivity index (χ0n) is 10.8. The Hall–Kier alpha value is -1.38. The van der Waals surface area contributed by atoms with Crippen molar-refractivity contribution in [3.8, 4) is 0 Å². The summed E-state index contributed by atoms with van der Waals surface area (Å²) in [6.07, 6.45) is 0. The highest BCUT2D eigenvalue weighted by molar-refractivity contribution is 5.83. The molecule has 2 aromatic carbocycles. The quantitative estimate of drug-likeness (QED) is 0.875. The second-order valence-electron chi connectivity index (χ2n) is 4.83. The second-order valence-corrected chi connectivity index (χ2v) is 4.83. The number of nitrogens with zero attached hydrogens (tertiary/aromatic N) is 1. The Morgan fingerprint density at radius 3 is 2.35 bits per heavy atom. The van der Waals surface area contributed by atoms with Crippen molar-refractivity contribution in [2.75, 3.05) is 20.6 Å².